The van der Waals surface area contributed by atoms with Crippen LogP contribution in [0.2, 0.25) is 0 Å². The van der Waals surface area contributed by atoms with Crippen LogP contribution in [0.3, 0.4) is 0 Å². The molecule has 3 amide bonds. The highest BCUT2D eigenvalue weighted by atomic mass is 16.6. The van der Waals surface area contributed by atoms with Crippen LogP contribution in [0.5, 0.6) is 0 Å². The molecule has 0 aromatic heterocycles. The molecule has 2 fully saturated rings. The zero-order valence-corrected chi connectivity index (χ0v) is 19.9. The van der Waals surface area contributed by atoms with Crippen molar-refractivity contribution in [1.82, 2.24) is 15.5 Å². The number of alkyl carbamates (subject to hydrolysis) is 1. The first-order valence-corrected chi connectivity index (χ1v) is 11.8. The van der Waals surface area contributed by atoms with Gasteiger partial charge in [-0.15, -0.1) is 0 Å². The van der Waals surface area contributed by atoms with Gasteiger partial charge in [0.15, 0.2) is 0 Å². The zero-order chi connectivity index (χ0) is 23.2. The fourth-order valence-electron chi connectivity index (χ4n) is 4.46. The summed E-state index contributed by atoms with van der Waals surface area (Å²) in [4.78, 5) is 40.1. The van der Waals surface area contributed by atoms with Crippen LogP contribution < -0.4 is 16.4 Å². The van der Waals surface area contributed by atoms with E-state index in [0.29, 0.717) is 31.8 Å². The molecule has 0 aromatic rings. The van der Waals surface area contributed by atoms with Gasteiger partial charge < -0.3 is 26.0 Å². The van der Waals surface area contributed by atoms with Crippen molar-refractivity contribution in [1.29, 1.82) is 0 Å². The summed E-state index contributed by atoms with van der Waals surface area (Å²) >= 11 is 0. The summed E-state index contributed by atoms with van der Waals surface area (Å²) in [6.45, 7) is 10.8. The standard InChI is InChI=1S/C23H42N4O4/c1-15(2)31-22(30)26-18(13-23(3,4)5)21(29)27-12-6-7-19(27)20(28)25-14-16-8-10-17(24)11-9-16/h15-19H,6-14,24H2,1-5H3,(H,25,28)(H,26,30)/t16?,17?,18-,19+/m1/s1. The molecule has 1 saturated carbocycles. The topological polar surface area (TPSA) is 114 Å². The third kappa shape index (κ3) is 8.31. The molecule has 0 spiro atoms. The molecule has 2 rings (SSSR count). The molecule has 1 heterocycles. The largest absolute Gasteiger partial charge is 0.447 e. The number of nitrogens with two attached hydrogens (primary N) is 1. The number of amides is 3. The summed E-state index contributed by atoms with van der Waals surface area (Å²) in [5.74, 6) is 0.146. The molecular weight excluding hydrogens is 396 g/mol. The van der Waals surface area contributed by atoms with E-state index < -0.39 is 18.2 Å². The smallest absolute Gasteiger partial charge is 0.408 e. The molecule has 4 N–H and O–H groups in total. The predicted octanol–water partition coefficient (Wildman–Crippen LogP) is 2.55. The van der Waals surface area contributed by atoms with E-state index in [1.807, 2.05) is 20.8 Å². The highest BCUT2D eigenvalue weighted by Crippen LogP contribution is 2.26. The van der Waals surface area contributed by atoms with Crippen molar-refractivity contribution in [3.63, 3.8) is 0 Å². The third-order valence-corrected chi connectivity index (χ3v) is 6.04. The van der Waals surface area contributed by atoms with Crippen LogP contribution >= 0.6 is 0 Å². The molecule has 1 aliphatic heterocycles. The number of nitrogens with one attached hydrogen (secondary N) is 2. The van der Waals surface area contributed by atoms with E-state index in [2.05, 4.69) is 10.6 Å². The lowest BCUT2D eigenvalue weighted by Gasteiger charge is -2.32. The van der Waals surface area contributed by atoms with Gasteiger partial charge in [0.2, 0.25) is 11.8 Å². The van der Waals surface area contributed by atoms with Gasteiger partial charge in [-0.25, -0.2) is 4.79 Å². The van der Waals surface area contributed by atoms with Gasteiger partial charge in [0.05, 0.1) is 6.10 Å². The molecular formula is C23H42N4O4. The number of hydrogen-bond donors (Lipinski definition) is 3. The highest BCUT2D eigenvalue weighted by molar-refractivity contribution is 5.91. The molecule has 2 atom stereocenters. The first-order chi connectivity index (χ1) is 14.5. The van der Waals surface area contributed by atoms with Crippen molar-refractivity contribution in [2.45, 2.75) is 104 Å². The van der Waals surface area contributed by atoms with Crippen molar-refractivity contribution in [3.05, 3.63) is 0 Å². The van der Waals surface area contributed by atoms with Crippen molar-refractivity contribution < 1.29 is 19.1 Å². The van der Waals surface area contributed by atoms with Crippen LogP contribution in [0, 0.1) is 11.3 Å². The molecule has 0 radical (unpaired) electrons. The molecule has 31 heavy (non-hydrogen) atoms. The SMILES string of the molecule is CC(C)OC(=O)N[C@H](CC(C)(C)C)C(=O)N1CCC[C@H]1C(=O)NCC1CCC(N)CC1. The quantitative estimate of drug-likeness (QED) is 0.565. The fraction of sp³-hybridized carbons (Fsp3) is 0.870. The normalized spacial score (nSPS) is 25.3. The fourth-order valence-corrected chi connectivity index (χ4v) is 4.46. The van der Waals surface area contributed by atoms with Gasteiger partial charge in [-0.2, -0.15) is 0 Å². The number of rotatable bonds is 7. The Labute approximate surface area is 187 Å². The van der Waals surface area contributed by atoms with Crippen LogP contribution in [0.15, 0.2) is 0 Å². The molecule has 178 valence electrons. The lowest BCUT2D eigenvalue weighted by Crippen LogP contribution is -2.54. The molecule has 8 heteroatoms. The summed E-state index contributed by atoms with van der Waals surface area (Å²) in [5, 5.41) is 5.80. The lowest BCUT2D eigenvalue weighted by molar-refractivity contribution is -0.140. The van der Waals surface area contributed by atoms with E-state index in [-0.39, 0.29) is 29.4 Å². The summed E-state index contributed by atoms with van der Waals surface area (Å²) in [7, 11) is 0. The second kappa shape index (κ2) is 11.2. The zero-order valence-electron chi connectivity index (χ0n) is 19.9. The van der Waals surface area contributed by atoms with Crippen LogP contribution in [0.1, 0.15) is 79.6 Å². The maximum Gasteiger partial charge on any atom is 0.408 e. The second-order valence-corrected chi connectivity index (χ2v) is 10.6. The monoisotopic (exact) mass is 438 g/mol. The van der Waals surface area contributed by atoms with Crippen molar-refractivity contribution in [3.8, 4) is 0 Å². The Balaban J connectivity index is 1.99. The van der Waals surface area contributed by atoms with E-state index in [0.717, 1.165) is 32.1 Å². The van der Waals surface area contributed by atoms with E-state index in [1.54, 1.807) is 18.7 Å². The van der Waals surface area contributed by atoms with Crippen molar-refractivity contribution >= 4 is 17.9 Å². The van der Waals surface area contributed by atoms with E-state index in [4.69, 9.17) is 10.5 Å². The molecule has 1 saturated heterocycles. The predicted molar refractivity (Wildman–Crippen MR) is 120 cm³/mol. The minimum absolute atomic E-state index is 0.0972. The first kappa shape index (κ1) is 25.4. The summed E-state index contributed by atoms with van der Waals surface area (Å²) < 4.78 is 5.19. The Morgan fingerprint density at radius 2 is 1.74 bits per heavy atom. The maximum atomic E-state index is 13.4. The minimum atomic E-state index is -0.723. The third-order valence-electron chi connectivity index (χ3n) is 6.04. The van der Waals surface area contributed by atoms with Crippen LogP contribution in [-0.4, -0.2) is 60.1 Å². The van der Waals surface area contributed by atoms with Crippen molar-refractivity contribution in [2.24, 2.45) is 17.1 Å². The first-order valence-electron chi connectivity index (χ1n) is 11.8. The van der Waals surface area contributed by atoms with Gasteiger partial charge >= 0.3 is 6.09 Å². The van der Waals surface area contributed by atoms with E-state index in [1.165, 1.54) is 0 Å². The van der Waals surface area contributed by atoms with E-state index in [9.17, 15) is 14.4 Å². The number of ether oxygens (including phenoxy) is 1. The van der Waals surface area contributed by atoms with Crippen LogP contribution in [0.25, 0.3) is 0 Å². The summed E-state index contributed by atoms with van der Waals surface area (Å²) in [6.07, 6.45) is 5.08. The molecule has 8 nitrogen and oxygen atoms in total. The molecule has 1 aliphatic carbocycles. The number of likely N-dealkylation sites (tertiary alicyclic amines) is 1. The number of hydrogen-bond acceptors (Lipinski definition) is 5. The van der Waals surface area contributed by atoms with Gasteiger partial charge in [0, 0.05) is 19.1 Å². The summed E-state index contributed by atoms with van der Waals surface area (Å²) in [5.41, 5.74) is 5.79. The Hall–Kier alpha value is -1.83. The maximum absolute atomic E-state index is 13.4. The second-order valence-electron chi connectivity index (χ2n) is 10.6. The van der Waals surface area contributed by atoms with Crippen molar-refractivity contribution in [2.75, 3.05) is 13.1 Å². The van der Waals surface area contributed by atoms with Gasteiger partial charge in [-0.05, 0) is 70.1 Å². The molecule has 0 unspecified atom stereocenters. The molecule has 0 aromatic carbocycles. The number of carbonyl (C=O) groups is 3. The van der Waals surface area contributed by atoms with Gasteiger partial charge in [0.1, 0.15) is 12.1 Å². The van der Waals surface area contributed by atoms with Gasteiger partial charge in [0.25, 0.3) is 0 Å². The minimum Gasteiger partial charge on any atom is -0.447 e. The van der Waals surface area contributed by atoms with Gasteiger partial charge in [-0.1, -0.05) is 20.8 Å². The molecule has 2 aliphatic rings. The van der Waals surface area contributed by atoms with E-state index >= 15 is 0 Å². The number of carbonyl (C=O) groups excluding carboxylic acids is 3. The lowest BCUT2D eigenvalue weighted by atomic mass is 9.86. The Morgan fingerprint density at radius 3 is 2.32 bits per heavy atom. The average Bonchev–Trinajstić information content (AvgIpc) is 3.14. The Bertz CT molecular complexity index is 624. The Kier molecular flexibility index (Phi) is 9.15. The molecule has 0 bridgehead atoms. The van der Waals surface area contributed by atoms with Gasteiger partial charge in [-0.3, -0.25) is 9.59 Å². The number of nitrogens with zero attached hydrogens (tertiary/aromatic N) is 1. The average molecular weight is 439 g/mol. The van der Waals surface area contributed by atoms with Crippen LogP contribution in [-0.2, 0) is 14.3 Å². The Morgan fingerprint density at radius 1 is 1.10 bits per heavy atom. The summed E-state index contributed by atoms with van der Waals surface area (Å²) in [6, 6.07) is -0.923. The highest BCUT2D eigenvalue weighted by Gasteiger charge is 2.39. The van der Waals surface area contributed by atoms with Crippen LogP contribution in [0.4, 0.5) is 4.79 Å².